The quantitative estimate of drug-likeness (QED) is 0.644. The monoisotopic (exact) mass is 240 g/mol. The van der Waals surface area contributed by atoms with Crippen LogP contribution in [-0.4, -0.2) is 29.4 Å². The molecule has 4 nitrogen and oxygen atoms in total. The summed E-state index contributed by atoms with van der Waals surface area (Å²) in [5.74, 6) is -1.37. The Morgan fingerprint density at radius 1 is 1.38 bits per heavy atom. The molecule has 16 heavy (non-hydrogen) atoms. The van der Waals surface area contributed by atoms with Crippen LogP contribution in [0, 0.1) is 0 Å². The number of esters is 1. The second-order valence-corrected chi connectivity index (χ2v) is 4.47. The molecule has 1 N–H and O–H groups in total. The summed E-state index contributed by atoms with van der Waals surface area (Å²) < 4.78 is 4.58. The number of carboxylic acid groups (broad SMARTS) is 1. The Balaban J connectivity index is 2.88. The molecule has 0 aliphatic carbocycles. The molecule has 0 aliphatic heterocycles. The lowest BCUT2D eigenvalue weighted by Crippen LogP contribution is -2.15. The van der Waals surface area contributed by atoms with Crippen LogP contribution >= 0.6 is 11.8 Å². The van der Waals surface area contributed by atoms with Crippen molar-refractivity contribution in [2.24, 2.45) is 0 Å². The summed E-state index contributed by atoms with van der Waals surface area (Å²) in [4.78, 5) is 22.7. The highest BCUT2D eigenvalue weighted by Crippen LogP contribution is 2.27. The Morgan fingerprint density at radius 2 is 2.00 bits per heavy atom. The third-order valence-electron chi connectivity index (χ3n) is 1.95. The maximum atomic E-state index is 11.2. The van der Waals surface area contributed by atoms with Gasteiger partial charge in [0.05, 0.1) is 12.7 Å². The number of carbonyl (C=O) groups is 2. The molecule has 0 saturated carbocycles. The molecule has 1 unspecified atom stereocenters. The molecule has 0 bridgehead atoms. The first-order valence-corrected chi connectivity index (χ1v) is 5.51. The van der Waals surface area contributed by atoms with E-state index in [9.17, 15) is 9.59 Å². The van der Waals surface area contributed by atoms with Gasteiger partial charge in [-0.05, 0) is 19.1 Å². The number of aromatic carboxylic acids is 1. The van der Waals surface area contributed by atoms with Gasteiger partial charge in [-0.3, -0.25) is 4.79 Å². The average molecular weight is 240 g/mol. The van der Waals surface area contributed by atoms with Crippen molar-refractivity contribution < 1.29 is 19.4 Å². The summed E-state index contributed by atoms with van der Waals surface area (Å²) in [6, 6.07) is 6.57. The number of carboxylic acids is 1. The lowest BCUT2D eigenvalue weighted by Gasteiger charge is -2.10. The zero-order chi connectivity index (χ0) is 12.1. The van der Waals surface area contributed by atoms with Crippen LogP contribution in [-0.2, 0) is 9.53 Å². The second kappa shape index (κ2) is 5.55. The van der Waals surface area contributed by atoms with E-state index in [0.29, 0.717) is 4.90 Å². The predicted octanol–water partition coefficient (Wildman–Crippen LogP) is 2.04. The first kappa shape index (κ1) is 12.6. The molecule has 0 amide bonds. The Kier molecular flexibility index (Phi) is 4.37. The molecule has 0 spiro atoms. The minimum atomic E-state index is -1.000. The third kappa shape index (κ3) is 3.00. The van der Waals surface area contributed by atoms with E-state index in [0.717, 1.165) is 0 Å². The molecule has 86 valence electrons. The van der Waals surface area contributed by atoms with E-state index in [1.165, 1.54) is 24.9 Å². The highest BCUT2D eigenvalue weighted by molar-refractivity contribution is 8.00. The maximum absolute atomic E-state index is 11.2. The molecule has 0 aromatic heterocycles. The number of hydrogen-bond donors (Lipinski definition) is 1. The van der Waals surface area contributed by atoms with Gasteiger partial charge in [-0.2, -0.15) is 0 Å². The van der Waals surface area contributed by atoms with Crippen molar-refractivity contribution in [3.05, 3.63) is 29.8 Å². The minimum absolute atomic E-state index is 0.197. The van der Waals surface area contributed by atoms with Crippen LogP contribution in [0.3, 0.4) is 0 Å². The first-order chi connectivity index (χ1) is 7.56. The van der Waals surface area contributed by atoms with Gasteiger partial charge in [-0.15, -0.1) is 11.8 Å². The largest absolute Gasteiger partial charge is 0.478 e. The van der Waals surface area contributed by atoms with E-state index in [1.807, 2.05) is 0 Å². The number of benzene rings is 1. The van der Waals surface area contributed by atoms with Crippen molar-refractivity contribution in [1.82, 2.24) is 0 Å². The Labute approximate surface area is 97.6 Å². The third-order valence-corrected chi connectivity index (χ3v) is 3.11. The Hall–Kier alpha value is -1.49. The standard InChI is InChI=1S/C11H12O4S/c1-7(11(14)15-2)16-9-6-4-3-5-8(9)10(12)13/h3-7H,1-2H3,(H,12,13). The molecule has 1 atom stereocenters. The summed E-state index contributed by atoms with van der Waals surface area (Å²) in [7, 11) is 1.31. The molecule has 1 aromatic rings. The van der Waals surface area contributed by atoms with Gasteiger partial charge < -0.3 is 9.84 Å². The van der Waals surface area contributed by atoms with E-state index in [1.54, 1.807) is 25.1 Å². The van der Waals surface area contributed by atoms with Crippen molar-refractivity contribution >= 4 is 23.7 Å². The van der Waals surface area contributed by atoms with Crippen molar-refractivity contribution in [2.45, 2.75) is 17.1 Å². The van der Waals surface area contributed by atoms with Crippen LogP contribution in [0.1, 0.15) is 17.3 Å². The van der Waals surface area contributed by atoms with Crippen LogP contribution in [0.2, 0.25) is 0 Å². The van der Waals surface area contributed by atoms with E-state index in [2.05, 4.69) is 4.74 Å². The van der Waals surface area contributed by atoms with Gasteiger partial charge in [-0.25, -0.2) is 4.79 Å². The van der Waals surface area contributed by atoms with Crippen molar-refractivity contribution in [3.8, 4) is 0 Å². The van der Waals surface area contributed by atoms with Gasteiger partial charge in [0.15, 0.2) is 0 Å². The van der Waals surface area contributed by atoms with Crippen LogP contribution in [0.5, 0.6) is 0 Å². The average Bonchev–Trinajstić information content (AvgIpc) is 2.28. The van der Waals surface area contributed by atoms with Crippen LogP contribution in [0.4, 0.5) is 0 Å². The van der Waals surface area contributed by atoms with E-state index in [4.69, 9.17) is 5.11 Å². The lowest BCUT2D eigenvalue weighted by atomic mass is 10.2. The number of thioether (sulfide) groups is 1. The summed E-state index contributed by atoms with van der Waals surface area (Å²) in [5, 5.41) is 8.52. The zero-order valence-corrected chi connectivity index (χ0v) is 9.78. The molecule has 1 aromatic carbocycles. The van der Waals surface area contributed by atoms with Gasteiger partial charge >= 0.3 is 11.9 Å². The fourth-order valence-electron chi connectivity index (χ4n) is 1.15. The van der Waals surface area contributed by atoms with Crippen molar-refractivity contribution in [1.29, 1.82) is 0 Å². The van der Waals surface area contributed by atoms with Crippen LogP contribution < -0.4 is 0 Å². The smallest absolute Gasteiger partial charge is 0.336 e. The number of rotatable bonds is 4. The predicted molar refractivity (Wildman–Crippen MR) is 60.7 cm³/mol. The molecule has 0 aliphatic rings. The molecule has 5 heteroatoms. The summed E-state index contributed by atoms with van der Waals surface area (Å²) in [6.45, 7) is 1.68. The summed E-state index contributed by atoms with van der Waals surface area (Å²) >= 11 is 1.18. The number of ether oxygens (including phenoxy) is 1. The lowest BCUT2D eigenvalue weighted by molar-refractivity contribution is -0.139. The highest BCUT2D eigenvalue weighted by atomic mass is 32.2. The van der Waals surface area contributed by atoms with Crippen molar-refractivity contribution in [2.75, 3.05) is 7.11 Å². The summed E-state index contributed by atoms with van der Waals surface area (Å²) in [6.07, 6.45) is 0. The zero-order valence-electron chi connectivity index (χ0n) is 8.97. The molecule has 0 saturated heterocycles. The first-order valence-electron chi connectivity index (χ1n) is 4.63. The van der Waals surface area contributed by atoms with Gasteiger partial charge in [0.2, 0.25) is 0 Å². The highest BCUT2D eigenvalue weighted by Gasteiger charge is 2.18. The maximum Gasteiger partial charge on any atom is 0.336 e. The number of hydrogen-bond acceptors (Lipinski definition) is 4. The van der Waals surface area contributed by atoms with E-state index >= 15 is 0 Å². The Bertz CT molecular complexity index is 403. The molecule has 0 fully saturated rings. The summed E-state index contributed by atoms with van der Waals surface area (Å²) in [5.41, 5.74) is 0.197. The molecular weight excluding hydrogens is 228 g/mol. The number of carbonyl (C=O) groups excluding carboxylic acids is 1. The van der Waals surface area contributed by atoms with Gasteiger partial charge in [0, 0.05) is 4.90 Å². The fourth-order valence-corrected chi connectivity index (χ4v) is 2.16. The molecule has 0 heterocycles. The van der Waals surface area contributed by atoms with Gasteiger partial charge in [0.1, 0.15) is 5.25 Å². The Morgan fingerprint density at radius 3 is 2.56 bits per heavy atom. The molecular formula is C11H12O4S. The topological polar surface area (TPSA) is 63.6 Å². The van der Waals surface area contributed by atoms with Gasteiger partial charge in [-0.1, -0.05) is 12.1 Å². The van der Waals surface area contributed by atoms with Gasteiger partial charge in [0.25, 0.3) is 0 Å². The normalized spacial score (nSPS) is 11.9. The molecule has 1 rings (SSSR count). The number of methoxy groups -OCH3 is 1. The van der Waals surface area contributed by atoms with E-state index < -0.39 is 11.2 Å². The minimum Gasteiger partial charge on any atom is -0.478 e. The SMILES string of the molecule is COC(=O)C(C)Sc1ccccc1C(=O)O. The second-order valence-electron chi connectivity index (χ2n) is 3.08. The molecule has 0 radical (unpaired) electrons. The fraction of sp³-hybridized carbons (Fsp3) is 0.273. The van der Waals surface area contributed by atoms with Crippen LogP contribution in [0.15, 0.2) is 29.2 Å². The van der Waals surface area contributed by atoms with Crippen molar-refractivity contribution in [3.63, 3.8) is 0 Å². The van der Waals surface area contributed by atoms with E-state index in [-0.39, 0.29) is 11.5 Å². The van der Waals surface area contributed by atoms with Crippen LogP contribution in [0.25, 0.3) is 0 Å².